The van der Waals surface area contributed by atoms with Crippen LogP contribution in [0.1, 0.15) is 18.9 Å². The molecule has 0 heterocycles. The van der Waals surface area contributed by atoms with Gasteiger partial charge in [0.25, 0.3) is 0 Å². The number of hydrogen-bond acceptors (Lipinski definition) is 2. The lowest BCUT2D eigenvalue weighted by molar-refractivity contribution is 0.264. The highest BCUT2D eigenvalue weighted by Crippen LogP contribution is 2.28. The van der Waals surface area contributed by atoms with Gasteiger partial charge in [0.05, 0.1) is 18.2 Å². The van der Waals surface area contributed by atoms with Crippen LogP contribution < -0.4 is 4.74 Å². The van der Waals surface area contributed by atoms with E-state index >= 15 is 0 Å². The van der Waals surface area contributed by atoms with Gasteiger partial charge in [0.15, 0.2) is 0 Å². The summed E-state index contributed by atoms with van der Waals surface area (Å²) in [7, 11) is 0. The maximum Gasteiger partial charge on any atom is 0.143 e. The molecule has 0 unspecified atom stereocenters. The molecule has 1 aromatic rings. The number of rotatable bonds is 5. The lowest BCUT2D eigenvalue weighted by Gasteiger charge is -2.11. The average Bonchev–Trinajstić information content (AvgIpc) is 2.20. The molecule has 0 spiro atoms. The maximum atomic E-state index is 9.10. The number of para-hydroxylation sites is 1. The Balaban J connectivity index is 2.70. The molecule has 0 bridgehead atoms. The molecular weight excluding hydrogens is 212 g/mol. The SMILES string of the molecule is C=C(C)CCOc1c(Cl)cccc1CO. The minimum absolute atomic E-state index is 0.0665. The van der Waals surface area contributed by atoms with E-state index in [9.17, 15) is 0 Å². The minimum Gasteiger partial charge on any atom is -0.491 e. The summed E-state index contributed by atoms with van der Waals surface area (Å²) in [5.74, 6) is 0.572. The van der Waals surface area contributed by atoms with E-state index in [1.165, 1.54) is 0 Å². The second kappa shape index (κ2) is 5.79. The van der Waals surface area contributed by atoms with E-state index < -0.39 is 0 Å². The van der Waals surface area contributed by atoms with Gasteiger partial charge in [0.2, 0.25) is 0 Å². The average molecular weight is 227 g/mol. The molecule has 0 fully saturated rings. The van der Waals surface area contributed by atoms with Crippen LogP contribution in [0.15, 0.2) is 30.4 Å². The monoisotopic (exact) mass is 226 g/mol. The van der Waals surface area contributed by atoms with E-state index in [0.717, 1.165) is 12.0 Å². The number of aliphatic hydroxyl groups excluding tert-OH is 1. The largest absolute Gasteiger partial charge is 0.491 e. The molecule has 1 aromatic carbocycles. The highest BCUT2D eigenvalue weighted by atomic mass is 35.5. The molecule has 0 saturated carbocycles. The highest BCUT2D eigenvalue weighted by Gasteiger charge is 2.06. The van der Waals surface area contributed by atoms with Gasteiger partial charge >= 0.3 is 0 Å². The maximum absolute atomic E-state index is 9.10. The molecule has 2 nitrogen and oxygen atoms in total. The van der Waals surface area contributed by atoms with Crippen LogP contribution in [-0.4, -0.2) is 11.7 Å². The molecule has 0 atom stereocenters. The first-order valence-electron chi connectivity index (χ1n) is 4.80. The number of ether oxygens (including phenoxy) is 1. The molecule has 82 valence electrons. The highest BCUT2D eigenvalue weighted by molar-refractivity contribution is 6.32. The minimum atomic E-state index is -0.0665. The second-order valence-electron chi connectivity index (χ2n) is 3.44. The zero-order valence-electron chi connectivity index (χ0n) is 8.79. The second-order valence-corrected chi connectivity index (χ2v) is 3.85. The van der Waals surface area contributed by atoms with Crippen molar-refractivity contribution >= 4 is 11.6 Å². The van der Waals surface area contributed by atoms with Crippen molar-refractivity contribution in [2.24, 2.45) is 0 Å². The first kappa shape index (κ1) is 12.1. The van der Waals surface area contributed by atoms with Gasteiger partial charge in [-0.3, -0.25) is 0 Å². The third kappa shape index (κ3) is 3.57. The fraction of sp³-hybridized carbons (Fsp3) is 0.333. The van der Waals surface area contributed by atoms with Gasteiger partial charge in [-0.1, -0.05) is 29.3 Å². The zero-order valence-corrected chi connectivity index (χ0v) is 9.55. The molecule has 0 aromatic heterocycles. The zero-order chi connectivity index (χ0) is 11.3. The van der Waals surface area contributed by atoms with E-state index in [-0.39, 0.29) is 6.61 Å². The Labute approximate surface area is 95.1 Å². The molecule has 0 aliphatic heterocycles. The van der Waals surface area contributed by atoms with Crippen LogP contribution in [0.3, 0.4) is 0 Å². The van der Waals surface area contributed by atoms with Crippen LogP contribution >= 0.6 is 11.6 Å². The number of aliphatic hydroxyl groups is 1. The summed E-state index contributed by atoms with van der Waals surface area (Å²) in [6, 6.07) is 5.33. The van der Waals surface area contributed by atoms with Gasteiger partial charge in [-0.2, -0.15) is 0 Å². The van der Waals surface area contributed by atoms with Gasteiger partial charge in [-0.05, 0) is 13.0 Å². The van der Waals surface area contributed by atoms with Crippen molar-refractivity contribution in [2.45, 2.75) is 20.0 Å². The molecular formula is C12H15ClO2. The van der Waals surface area contributed by atoms with Crippen molar-refractivity contribution in [1.29, 1.82) is 0 Å². The molecule has 0 saturated heterocycles. The normalized spacial score (nSPS) is 10.1. The number of halogens is 1. The summed E-state index contributed by atoms with van der Waals surface area (Å²) in [5.41, 5.74) is 1.77. The molecule has 1 N–H and O–H groups in total. The molecule has 3 heteroatoms. The Morgan fingerprint density at radius 2 is 2.27 bits per heavy atom. The standard InChI is InChI=1S/C12H15ClO2/c1-9(2)6-7-15-12-10(8-14)4-3-5-11(12)13/h3-5,14H,1,6-8H2,2H3. The summed E-state index contributed by atoms with van der Waals surface area (Å²) < 4.78 is 5.52. The van der Waals surface area contributed by atoms with Gasteiger partial charge in [0.1, 0.15) is 5.75 Å². The van der Waals surface area contributed by atoms with Crippen LogP contribution in [-0.2, 0) is 6.61 Å². The molecule has 0 amide bonds. The van der Waals surface area contributed by atoms with Crippen LogP contribution in [0.2, 0.25) is 5.02 Å². The Morgan fingerprint density at radius 1 is 1.53 bits per heavy atom. The third-order valence-corrected chi connectivity index (χ3v) is 2.29. The summed E-state index contributed by atoms with van der Waals surface area (Å²) in [6.07, 6.45) is 0.788. The van der Waals surface area contributed by atoms with E-state index in [4.69, 9.17) is 21.4 Å². The third-order valence-electron chi connectivity index (χ3n) is 1.99. The van der Waals surface area contributed by atoms with Crippen molar-refractivity contribution in [3.05, 3.63) is 40.9 Å². The Morgan fingerprint density at radius 3 is 2.87 bits per heavy atom. The van der Waals surface area contributed by atoms with E-state index in [2.05, 4.69) is 6.58 Å². The molecule has 0 radical (unpaired) electrons. The van der Waals surface area contributed by atoms with E-state index in [0.29, 0.717) is 22.9 Å². The van der Waals surface area contributed by atoms with Crippen molar-refractivity contribution in [3.63, 3.8) is 0 Å². The lowest BCUT2D eigenvalue weighted by Crippen LogP contribution is -2.01. The molecule has 1 rings (SSSR count). The molecule has 0 aliphatic rings. The quantitative estimate of drug-likeness (QED) is 0.782. The summed E-state index contributed by atoms with van der Waals surface area (Å²) >= 11 is 5.96. The van der Waals surface area contributed by atoms with Crippen molar-refractivity contribution in [2.75, 3.05) is 6.61 Å². The first-order chi connectivity index (χ1) is 7.15. The molecule has 15 heavy (non-hydrogen) atoms. The predicted octanol–water partition coefficient (Wildman–Crippen LogP) is 3.18. The van der Waals surface area contributed by atoms with Gasteiger partial charge in [-0.25, -0.2) is 0 Å². The summed E-state index contributed by atoms with van der Waals surface area (Å²) in [4.78, 5) is 0. The Hall–Kier alpha value is -0.990. The van der Waals surface area contributed by atoms with Crippen LogP contribution in [0.25, 0.3) is 0 Å². The topological polar surface area (TPSA) is 29.5 Å². The van der Waals surface area contributed by atoms with Crippen molar-refractivity contribution in [1.82, 2.24) is 0 Å². The van der Waals surface area contributed by atoms with Gasteiger partial charge in [0, 0.05) is 12.0 Å². The van der Waals surface area contributed by atoms with Crippen LogP contribution in [0.4, 0.5) is 0 Å². The van der Waals surface area contributed by atoms with Gasteiger partial charge in [-0.15, -0.1) is 6.58 Å². The Kier molecular flexibility index (Phi) is 4.66. The number of benzene rings is 1. The lowest BCUT2D eigenvalue weighted by atomic mass is 10.2. The van der Waals surface area contributed by atoms with Gasteiger partial charge < -0.3 is 9.84 Å². The first-order valence-corrected chi connectivity index (χ1v) is 5.18. The predicted molar refractivity (Wildman–Crippen MR) is 62.3 cm³/mol. The summed E-state index contributed by atoms with van der Waals surface area (Å²) in [6.45, 7) is 6.20. The van der Waals surface area contributed by atoms with E-state index in [1.807, 2.05) is 6.92 Å². The van der Waals surface area contributed by atoms with Crippen molar-refractivity contribution in [3.8, 4) is 5.75 Å². The smallest absolute Gasteiger partial charge is 0.143 e. The van der Waals surface area contributed by atoms with Crippen LogP contribution in [0, 0.1) is 0 Å². The Bertz CT molecular complexity index is 347. The van der Waals surface area contributed by atoms with E-state index in [1.54, 1.807) is 18.2 Å². The molecule has 0 aliphatic carbocycles. The van der Waals surface area contributed by atoms with Crippen molar-refractivity contribution < 1.29 is 9.84 Å². The number of hydrogen-bond donors (Lipinski definition) is 1. The fourth-order valence-electron chi connectivity index (χ4n) is 1.17. The summed E-state index contributed by atoms with van der Waals surface area (Å²) in [5, 5.41) is 9.63. The fourth-order valence-corrected chi connectivity index (χ4v) is 1.42. The van der Waals surface area contributed by atoms with Crippen LogP contribution in [0.5, 0.6) is 5.75 Å².